The molecule has 2 N–H and O–H groups in total. The van der Waals surface area contributed by atoms with Crippen molar-refractivity contribution >= 4 is 24.0 Å². The Bertz CT molecular complexity index is 505. The molecule has 0 aliphatic carbocycles. The van der Waals surface area contributed by atoms with E-state index >= 15 is 0 Å². The van der Waals surface area contributed by atoms with E-state index in [-0.39, 0.29) is 24.2 Å². The number of carbonyl (C=O) groups excluding carboxylic acids is 1. The average Bonchev–Trinajstić information content (AvgIpc) is 2.55. The van der Waals surface area contributed by atoms with E-state index in [2.05, 4.69) is 10.6 Å². The number of carbonyl (C=O) groups is 1. The van der Waals surface area contributed by atoms with Crippen LogP contribution in [0.15, 0.2) is 12.1 Å². The summed E-state index contributed by atoms with van der Waals surface area (Å²) in [6, 6.07) is 3.42. The summed E-state index contributed by atoms with van der Waals surface area (Å²) >= 11 is 0. The number of hydrogen-bond donors (Lipinski definition) is 2. The second kappa shape index (κ2) is 8.70. The van der Waals surface area contributed by atoms with E-state index in [0.29, 0.717) is 22.9 Å². The summed E-state index contributed by atoms with van der Waals surface area (Å²) in [6.45, 7) is 1.75. The minimum Gasteiger partial charge on any atom is -0.494 e. The first-order chi connectivity index (χ1) is 10.2. The van der Waals surface area contributed by atoms with Crippen molar-refractivity contribution in [3.8, 4) is 17.2 Å². The summed E-state index contributed by atoms with van der Waals surface area (Å²) in [7, 11) is 4.68. The minimum atomic E-state index is 0. The van der Waals surface area contributed by atoms with Gasteiger partial charge < -0.3 is 24.8 Å². The highest BCUT2D eigenvalue weighted by Gasteiger charge is 2.22. The molecule has 124 valence electrons. The molecule has 1 saturated heterocycles. The van der Waals surface area contributed by atoms with Crippen LogP contribution >= 0.6 is 12.4 Å². The predicted octanol–water partition coefficient (Wildman–Crippen LogP) is 2.07. The Labute approximate surface area is 136 Å². The Morgan fingerprint density at radius 1 is 1.05 bits per heavy atom. The van der Waals surface area contributed by atoms with Crippen LogP contribution in [0.25, 0.3) is 0 Å². The predicted molar refractivity (Wildman–Crippen MR) is 87.6 cm³/mol. The molecule has 1 amide bonds. The van der Waals surface area contributed by atoms with Crippen LogP contribution in [0.4, 0.5) is 5.69 Å². The molecule has 1 aliphatic rings. The Kier molecular flexibility index (Phi) is 7.27. The number of ether oxygens (including phenoxy) is 3. The molecule has 1 aliphatic heterocycles. The molecule has 0 radical (unpaired) electrons. The number of piperidine rings is 1. The van der Waals surface area contributed by atoms with Crippen LogP contribution < -0.4 is 24.8 Å². The van der Waals surface area contributed by atoms with E-state index in [1.807, 2.05) is 0 Å². The SMILES string of the molecule is COc1cc(OC)c(OC)cc1NC(=O)C1CCNCC1.Cl. The van der Waals surface area contributed by atoms with Crippen molar-refractivity contribution in [2.45, 2.75) is 12.8 Å². The summed E-state index contributed by atoms with van der Waals surface area (Å²) in [4.78, 5) is 12.3. The number of hydrogen-bond acceptors (Lipinski definition) is 5. The lowest BCUT2D eigenvalue weighted by Gasteiger charge is -2.22. The van der Waals surface area contributed by atoms with E-state index < -0.39 is 0 Å². The lowest BCUT2D eigenvalue weighted by Crippen LogP contribution is -2.34. The third-order valence-electron chi connectivity index (χ3n) is 3.67. The zero-order chi connectivity index (χ0) is 15.2. The average molecular weight is 331 g/mol. The van der Waals surface area contributed by atoms with Gasteiger partial charge in [-0.15, -0.1) is 12.4 Å². The lowest BCUT2D eigenvalue weighted by molar-refractivity contribution is -0.120. The summed E-state index contributed by atoms with van der Waals surface area (Å²) in [5, 5.41) is 6.18. The summed E-state index contributed by atoms with van der Waals surface area (Å²) < 4.78 is 15.8. The molecule has 7 heteroatoms. The third kappa shape index (κ3) is 4.18. The molecular weight excluding hydrogens is 308 g/mol. The van der Waals surface area contributed by atoms with Crippen molar-refractivity contribution in [3.63, 3.8) is 0 Å². The van der Waals surface area contributed by atoms with Crippen molar-refractivity contribution < 1.29 is 19.0 Å². The first-order valence-corrected chi connectivity index (χ1v) is 7.01. The smallest absolute Gasteiger partial charge is 0.227 e. The maximum absolute atomic E-state index is 12.3. The second-order valence-electron chi connectivity index (χ2n) is 4.92. The molecule has 1 heterocycles. The zero-order valence-electron chi connectivity index (χ0n) is 13.1. The van der Waals surface area contributed by atoms with Gasteiger partial charge in [0.05, 0.1) is 27.0 Å². The van der Waals surface area contributed by atoms with Gasteiger partial charge in [0.1, 0.15) is 5.75 Å². The van der Waals surface area contributed by atoms with Crippen molar-refractivity contribution in [2.75, 3.05) is 39.7 Å². The monoisotopic (exact) mass is 330 g/mol. The Hall–Kier alpha value is -1.66. The van der Waals surface area contributed by atoms with Crippen LogP contribution in [0.1, 0.15) is 12.8 Å². The van der Waals surface area contributed by atoms with Gasteiger partial charge in [-0.3, -0.25) is 4.79 Å². The van der Waals surface area contributed by atoms with Gasteiger partial charge in [0, 0.05) is 18.1 Å². The quantitative estimate of drug-likeness (QED) is 0.865. The van der Waals surface area contributed by atoms with Crippen molar-refractivity contribution in [2.24, 2.45) is 5.92 Å². The Morgan fingerprint density at radius 3 is 2.14 bits per heavy atom. The number of nitrogens with one attached hydrogen (secondary N) is 2. The molecule has 1 fully saturated rings. The fourth-order valence-corrected chi connectivity index (χ4v) is 2.45. The number of benzene rings is 1. The van der Waals surface area contributed by atoms with E-state index in [1.165, 1.54) is 0 Å². The number of amides is 1. The topological polar surface area (TPSA) is 68.8 Å². The van der Waals surface area contributed by atoms with Gasteiger partial charge in [-0.1, -0.05) is 0 Å². The van der Waals surface area contributed by atoms with Crippen molar-refractivity contribution in [1.82, 2.24) is 5.32 Å². The van der Waals surface area contributed by atoms with Gasteiger partial charge in [-0.2, -0.15) is 0 Å². The normalized spacial score (nSPS) is 14.7. The van der Waals surface area contributed by atoms with Crippen LogP contribution in [-0.4, -0.2) is 40.3 Å². The largest absolute Gasteiger partial charge is 0.494 e. The van der Waals surface area contributed by atoms with Gasteiger partial charge in [0.25, 0.3) is 0 Å². The second-order valence-corrected chi connectivity index (χ2v) is 4.92. The molecule has 1 aromatic carbocycles. The van der Waals surface area contributed by atoms with E-state index in [4.69, 9.17) is 14.2 Å². The van der Waals surface area contributed by atoms with Gasteiger partial charge in [0.2, 0.25) is 5.91 Å². The van der Waals surface area contributed by atoms with Crippen molar-refractivity contribution in [1.29, 1.82) is 0 Å². The Morgan fingerprint density at radius 2 is 1.59 bits per heavy atom. The summed E-state index contributed by atoms with van der Waals surface area (Å²) in [6.07, 6.45) is 1.70. The molecule has 22 heavy (non-hydrogen) atoms. The minimum absolute atomic E-state index is 0. The van der Waals surface area contributed by atoms with E-state index in [1.54, 1.807) is 33.5 Å². The molecular formula is C15H23ClN2O4. The van der Waals surface area contributed by atoms with Gasteiger partial charge in [-0.05, 0) is 25.9 Å². The fraction of sp³-hybridized carbons (Fsp3) is 0.533. The van der Waals surface area contributed by atoms with Crippen molar-refractivity contribution in [3.05, 3.63) is 12.1 Å². The first kappa shape index (κ1) is 18.4. The first-order valence-electron chi connectivity index (χ1n) is 7.01. The van der Waals surface area contributed by atoms with Crippen LogP contribution in [0.2, 0.25) is 0 Å². The Balaban J connectivity index is 0.00000242. The van der Waals surface area contributed by atoms with Crippen LogP contribution in [0.5, 0.6) is 17.2 Å². The van der Waals surface area contributed by atoms with E-state index in [9.17, 15) is 4.79 Å². The molecule has 0 spiro atoms. The molecule has 0 unspecified atom stereocenters. The van der Waals surface area contributed by atoms with Crippen LogP contribution in [0.3, 0.4) is 0 Å². The van der Waals surface area contributed by atoms with Gasteiger partial charge in [-0.25, -0.2) is 0 Å². The molecule has 1 aromatic rings. The highest BCUT2D eigenvalue weighted by Crippen LogP contribution is 2.38. The standard InChI is InChI=1S/C15H22N2O4.ClH/c1-19-12-9-14(21-3)13(20-2)8-11(12)17-15(18)10-4-6-16-7-5-10;/h8-10,16H,4-7H2,1-3H3,(H,17,18);1H. The number of rotatable bonds is 5. The summed E-state index contributed by atoms with van der Waals surface area (Å²) in [5.41, 5.74) is 0.596. The molecule has 2 rings (SSSR count). The molecule has 0 aromatic heterocycles. The maximum Gasteiger partial charge on any atom is 0.227 e. The molecule has 0 saturated carbocycles. The number of anilines is 1. The number of halogens is 1. The van der Waals surface area contributed by atoms with Crippen LogP contribution in [0, 0.1) is 5.92 Å². The molecule has 0 bridgehead atoms. The van der Waals surface area contributed by atoms with Gasteiger partial charge >= 0.3 is 0 Å². The number of methoxy groups -OCH3 is 3. The third-order valence-corrected chi connectivity index (χ3v) is 3.67. The highest BCUT2D eigenvalue weighted by atomic mass is 35.5. The molecule has 6 nitrogen and oxygen atoms in total. The van der Waals surface area contributed by atoms with Gasteiger partial charge in [0.15, 0.2) is 11.5 Å². The summed E-state index contributed by atoms with van der Waals surface area (Å²) in [5.74, 6) is 1.72. The molecule has 0 atom stereocenters. The zero-order valence-corrected chi connectivity index (χ0v) is 13.9. The maximum atomic E-state index is 12.3. The van der Waals surface area contributed by atoms with E-state index in [0.717, 1.165) is 25.9 Å². The fourth-order valence-electron chi connectivity index (χ4n) is 2.45. The lowest BCUT2D eigenvalue weighted by atomic mass is 9.97. The van der Waals surface area contributed by atoms with Crippen LogP contribution in [-0.2, 0) is 4.79 Å². The highest BCUT2D eigenvalue weighted by molar-refractivity contribution is 5.94.